The molecule has 8 nitrogen and oxygen atoms in total. The number of likely N-dealkylation sites (tertiary alicyclic amines) is 1. The van der Waals surface area contributed by atoms with E-state index in [2.05, 4.69) is 29.9 Å². The lowest BCUT2D eigenvalue weighted by atomic mass is 9.83. The maximum Gasteiger partial charge on any atom is 0.308 e. The number of amides is 1. The van der Waals surface area contributed by atoms with Crippen molar-refractivity contribution in [2.75, 3.05) is 24.6 Å². The number of nitrogens with zero attached hydrogens (tertiary/aromatic N) is 4. The van der Waals surface area contributed by atoms with Crippen molar-refractivity contribution < 1.29 is 23.8 Å². The zero-order valence-electron chi connectivity index (χ0n) is 25.4. The highest BCUT2D eigenvalue weighted by Crippen LogP contribution is 2.41. The van der Waals surface area contributed by atoms with Gasteiger partial charge >= 0.3 is 5.97 Å². The Morgan fingerprint density at radius 1 is 1.16 bits per heavy atom. The number of hydrogen-bond donors (Lipinski definition) is 1. The van der Waals surface area contributed by atoms with Crippen LogP contribution in [0.15, 0.2) is 54.9 Å². The minimum atomic E-state index is -0.858. The summed E-state index contributed by atoms with van der Waals surface area (Å²) in [5.74, 6) is -1.35. The molecule has 3 aromatic rings. The number of aromatic nitrogens is 2. The summed E-state index contributed by atoms with van der Waals surface area (Å²) in [6, 6.07) is 12.3. The molecular weight excluding hydrogens is 547 g/mol. The van der Waals surface area contributed by atoms with Gasteiger partial charge in [0.1, 0.15) is 11.6 Å². The Hall–Kier alpha value is -3.72. The molecule has 1 aromatic heterocycles. The largest absolute Gasteiger partial charge is 0.493 e. The Kier molecular flexibility index (Phi) is 9.80. The van der Waals surface area contributed by atoms with Crippen molar-refractivity contribution in [3.8, 4) is 5.75 Å². The molecule has 0 radical (unpaired) electrons. The summed E-state index contributed by atoms with van der Waals surface area (Å²) in [4.78, 5) is 31.2. The maximum atomic E-state index is 14.3. The molecule has 0 bridgehead atoms. The first-order chi connectivity index (χ1) is 20.8. The van der Waals surface area contributed by atoms with Gasteiger partial charge in [-0.1, -0.05) is 38.8 Å². The number of aliphatic carboxylic acids is 1. The monoisotopic (exact) mass is 590 g/mol. The summed E-state index contributed by atoms with van der Waals surface area (Å²) in [5.41, 5.74) is 3.25. The van der Waals surface area contributed by atoms with Crippen molar-refractivity contribution in [3.63, 3.8) is 0 Å². The van der Waals surface area contributed by atoms with E-state index in [4.69, 9.17) is 4.74 Å². The van der Waals surface area contributed by atoms with Crippen molar-refractivity contribution in [2.45, 2.75) is 83.8 Å². The first kappa shape index (κ1) is 30.7. The van der Waals surface area contributed by atoms with Crippen LogP contribution in [0.5, 0.6) is 5.75 Å². The highest BCUT2D eigenvalue weighted by atomic mass is 19.1. The van der Waals surface area contributed by atoms with Gasteiger partial charge in [0, 0.05) is 55.6 Å². The predicted molar refractivity (Wildman–Crippen MR) is 164 cm³/mol. The number of benzene rings is 2. The van der Waals surface area contributed by atoms with E-state index in [0.717, 1.165) is 49.0 Å². The van der Waals surface area contributed by atoms with E-state index in [1.807, 2.05) is 34.0 Å². The third-order valence-electron chi connectivity index (χ3n) is 9.02. The zero-order chi connectivity index (χ0) is 30.5. The molecule has 1 amide bonds. The minimum Gasteiger partial charge on any atom is -0.493 e. The van der Waals surface area contributed by atoms with E-state index in [0.29, 0.717) is 37.4 Å². The minimum absolute atomic E-state index is 0.0275. The molecule has 2 aliphatic rings. The molecule has 3 atom stereocenters. The first-order valence-electron chi connectivity index (χ1n) is 15.6. The number of rotatable bonds is 13. The van der Waals surface area contributed by atoms with Gasteiger partial charge in [-0.3, -0.25) is 19.2 Å². The van der Waals surface area contributed by atoms with Crippen LogP contribution in [-0.4, -0.2) is 63.4 Å². The van der Waals surface area contributed by atoms with Gasteiger partial charge in [0.2, 0.25) is 5.91 Å². The fourth-order valence-corrected chi connectivity index (χ4v) is 6.98. The highest BCUT2D eigenvalue weighted by molar-refractivity contribution is 5.95. The molecule has 5 rings (SSSR count). The van der Waals surface area contributed by atoms with Crippen molar-refractivity contribution in [1.82, 2.24) is 14.7 Å². The molecule has 9 heteroatoms. The molecule has 0 saturated carbocycles. The number of ether oxygens (including phenoxy) is 1. The average Bonchev–Trinajstić information content (AvgIpc) is 3.74. The van der Waals surface area contributed by atoms with E-state index in [1.165, 1.54) is 6.07 Å². The summed E-state index contributed by atoms with van der Waals surface area (Å²) in [6.07, 6.45) is 8.42. The molecule has 0 spiro atoms. The van der Waals surface area contributed by atoms with E-state index in [-0.39, 0.29) is 36.3 Å². The molecule has 230 valence electrons. The normalized spacial score (nSPS) is 19.9. The summed E-state index contributed by atoms with van der Waals surface area (Å²) >= 11 is 0. The van der Waals surface area contributed by atoms with Gasteiger partial charge in [-0.25, -0.2) is 4.39 Å². The van der Waals surface area contributed by atoms with Crippen LogP contribution < -0.4 is 9.64 Å². The lowest BCUT2D eigenvalue weighted by molar-refractivity contribution is -0.143. The van der Waals surface area contributed by atoms with Gasteiger partial charge < -0.3 is 14.7 Å². The van der Waals surface area contributed by atoms with E-state index in [9.17, 15) is 19.1 Å². The van der Waals surface area contributed by atoms with Crippen molar-refractivity contribution in [3.05, 3.63) is 77.4 Å². The topological polar surface area (TPSA) is 87.9 Å². The number of halogens is 1. The quantitative estimate of drug-likeness (QED) is 0.270. The van der Waals surface area contributed by atoms with Crippen LogP contribution in [0.25, 0.3) is 0 Å². The van der Waals surface area contributed by atoms with Crippen molar-refractivity contribution in [1.29, 1.82) is 0 Å². The molecule has 1 N–H and O–H groups in total. The number of hydrogen-bond acceptors (Lipinski definition) is 5. The van der Waals surface area contributed by atoms with Gasteiger partial charge in [-0.05, 0) is 73.2 Å². The van der Waals surface area contributed by atoms with Crippen LogP contribution in [0, 0.1) is 18.7 Å². The lowest BCUT2D eigenvalue weighted by Crippen LogP contribution is -2.48. The molecule has 3 heterocycles. The summed E-state index contributed by atoms with van der Waals surface area (Å²) in [7, 11) is 0. The third-order valence-corrected chi connectivity index (χ3v) is 9.02. The number of carbonyl (C=O) groups excluding carboxylic acids is 1. The first-order valence-corrected chi connectivity index (χ1v) is 15.6. The number of aryl methyl sites for hydroxylation is 2. The number of carboxylic acid groups (broad SMARTS) is 1. The molecular formula is C34H43FN4O4. The Bertz CT molecular complexity index is 1410. The molecule has 0 aliphatic carbocycles. The zero-order valence-corrected chi connectivity index (χ0v) is 25.4. The van der Waals surface area contributed by atoms with Crippen LogP contribution in [0.3, 0.4) is 0 Å². The van der Waals surface area contributed by atoms with Crippen LogP contribution in [0.2, 0.25) is 0 Å². The van der Waals surface area contributed by atoms with E-state index < -0.39 is 11.9 Å². The molecule has 1 fully saturated rings. The van der Waals surface area contributed by atoms with Crippen molar-refractivity contribution >= 4 is 17.6 Å². The summed E-state index contributed by atoms with van der Waals surface area (Å²) < 4.78 is 21.8. The second-order valence-corrected chi connectivity index (χ2v) is 11.9. The Labute approximate surface area is 253 Å². The van der Waals surface area contributed by atoms with Gasteiger partial charge in [-0.15, -0.1) is 0 Å². The average molecular weight is 591 g/mol. The highest BCUT2D eigenvalue weighted by Gasteiger charge is 2.47. The maximum absolute atomic E-state index is 14.3. The van der Waals surface area contributed by atoms with Gasteiger partial charge in [0.25, 0.3) is 0 Å². The predicted octanol–water partition coefficient (Wildman–Crippen LogP) is 5.83. The lowest BCUT2D eigenvalue weighted by Gasteiger charge is -2.35. The third kappa shape index (κ3) is 6.77. The summed E-state index contributed by atoms with van der Waals surface area (Å²) in [6.45, 7) is 7.65. The second-order valence-electron chi connectivity index (χ2n) is 11.9. The smallest absolute Gasteiger partial charge is 0.308 e. The molecule has 0 unspecified atom stereocenters. The summed E-state index contributed by atoms with van der Waals surface area (Å²) in [5, 5.41) is 14.9. The number of anilines is 1. The van der Waals surface area contributed by atoms with Crippen LogP contribution >= 0.6 is 0 Å². The number of carbonyl (C=O) groups is 2. The van der Waals surface area contributed by atoms with E-state index in [1.54, 1.807) is 25.3 Å². The number of carboxylic acids is 1. The Balaban J connectivity index is 1.48. The van der Waals surface area contributed by atoms with Crippen LogP contribution in [0.4, 0.5) is 10.1 Å². The van der Waals surface area contributed by atoms with Crippen molar-refractivity contribution in [2.24, 2.45) is 5.92 Å². The van der Waals surface area contributed by atoms with Crippen LogP contribution in [0.1, 0.15) is 68.6 Å². The Morgan fingerprint density at radius 2 is 1.95 bits per heavy atom. The van der Waals surface area contributed by atoms with Crippen LogP contribution in [-0.2, 0) is 22.6 Å². The number of fused-ring (bicyclic) bond motifs is 1. The SMILES string of the molecule is CCCC(CCC)N(C(=O)CN1C[C@H](c2ccc3c(c2)CCO3)[C@H](C(=O)O)[C@H]1CCn1cccn1)c1ccc(F)c(C)c1. The van der Waals surface area contributed by atoms with Gasteiger partial charge in [-0.2, -0.15) is 5.10 Å². The standard InChI is InChI=1S/C34H43FN4O4/c1-4-7-26(8-5-2)39(27-10-11-29(35)23(3)19-27)32(40)22-37-21-28(24-9-12-31-25(20-24)14-18-43-31)33(34(41)42)30(37)13-17-38-16-6-15-36-38/h6,9-12,15-16,19-20,26,28,30,33H,4-5,7-8,13-14,17-18,21-22H2,1-3H3,(H,41,42)/t28-,30-,33+/m1/s1. The second kappa shape index (κ2) is 13.7. The van der Waals surface area contributed by atoms with Gasteiger partial charge in [0.15, 0.2) is 0 Å². The fraction of sp³-hybridized carbons (Fsp3) is 0.500. The Morgan fingerprint density at radius 3 is 2.63 bits per heavy atom. The van der Waals surface area contributed by atoms with Gasteiger partial charge in [0.05, 0.1) is 19.1 Å². The van der Waals surface area contributed by atoms with E-state index >= 15 is 0 Å². The fourth-order valence-electron chi connectivity index (χ4n) is 6.98. The molecule has 1 saturated heterocycles. The molecule has 2 aromatic carbocycles. The molecule has 2 aliphatic heterocycles. The molecule has 43 heavy (non-hydrogen) atoms.